The van der Waals surface area contributed by atoms with Crippen LogP contribution in [0, 0.1) is 6.92 Å². The molecule has 2 rings (SSSR count). The molecule has 1 heterocycles. The molecule has 0 bridgehead atoms. The number of benzene rings is 1. The SMILES string of the molecule is Cc1ccc(S(=O)(=O)c2ccc(C(=O)O)cc2)c(Cl)n1. The fourth-order valence-corrected chi connectivity index (χ4v) is 3.38. The third kappa shape index (κ3) is 2.66. The van der Waals surface area contributed by atoms with E-state index in [1.807, 2.05) is 0 Å². The Bertz CT molecular complexity index is 769. The summed E-state index contributed by atoms with van der Waals surface area (Å²) in [6.45, 7) is 1.70. The highest BCUT2D eigenvalue weighted by molar-refractivity contribution is 7.91. The number of carboxylic acids is 1. The summed E-state index contributed by atoms with van der Waals surface area (Å²) in [5.41, 5.74) is 0.618. The van der Waals surface area contributed by atoms with E-state index < -0.39 is 15.8 Å². The molecule has 0 saturated carbocycles. The Hall–Kier alpha value is -1.92. The molecule has 20 heavy (non-hydrogen) atoms. The molecule has 0 radical (unpaired) electrons. The molecule has 1 aromatic carbocycles. The molecule has 0 fully saturated rings. The molecule has 1 aromatic heterocycles. The number of hydrogen-bond acceptors (Lipinski definition) is 4. The van der Waals surface area contributed by atoms with E-state index in [4.69, 9.17) is 16.7 Å². The van der Waals surface area contributed by atoms with Crippen LogP contribution in [-0.4, -0.2) is 24.5 Å². The van der Waals surface area contributed by atoms with Crippen LogP contribution in [0.1, 0.15) is 16.1 Å². The van der Waals surface area contributed by atoms with Crippen molar-refractivity contribution in [3.05, 3.63) is 52.8 Å². The molecule has 0 atom stereocenters. The molecular formula is C13H10ClNO4S. The standard InChI is InChI=1S/C13H10ClNO4S/c1-8-2-7-11(12(14)15-8)20(18,19)10-5-3-9(4-6-10)13(16)17/h2-7H,1H3,(H,16,17). The Labute approximate surface area is 120 Å². The largest absolute Gasteiger partial charge is 0.478 e. The zero-order chi connectivity index (χ0) is 14.9. The molecule has 0 aliphatic heterocycles. The quantitative estimate of drug-likeness (QED) is 0.881. The predicted octanol–water partition coefficient (Wildman–Crippen LogP) is 2.57. The number of carboxylic acid groups (broad SMARTS) is 1. The Morgan fingerprint density at radius 1 is 1.15 bits per heavy atom. The monoisotopic (exact) mass is 311 g/mol. The van der Waals surface area contributed by atoms with Crippen molar-refractivity contribution < 1.29 is 18.3 Å². The first-order valence-corrected chi connectivity index (χ1v) is 7.40. The average Bonchev–Trinajstić information content (AvgIpc) is 2.38. The van der Waals surface area contributed by atoms with Gasteiger partial charge in [0, 0.05) is 5.69 Å². The van der Waals surface area contributed by atoms with E-state index in [9.17, 15) is 13.2 Å². The molecule has 104 valence electrons. The van der Waals surface area contributed by atoms with Crippen LogP contribution < -0.4 is 0 Å². The number of sulfone groups is 1. The minimum atomic E-state index is -3.82. The minimum absolute atomic E-state index is 0.0112. The van der Waals surface area contributed by atoms with Gasteiger partial charge in [0.15, 0.2) is 0 Å². The van der Waals surface area contributed by atoms with Gasteiger partial charge in [-0.1, -0.05) is 11.6 Å². The lowest BCUT2D eigenvalue weighted by Crippen LogP contribution is -2.05. The zero-order valence-corrected chi connectivity index (χ0v) is 11.9. The first-order chi connectivity index (χ1) is 9.32. The summed E-state index contributed by atoms with van der Waals surface area (Å²) in [5, 5.41) is 8.69. The van der Waals surface area contributed by atoms with Gasteiger partial charge >= 0.3 is 5.97 Å². The summed E-state index contributed by atoms with van der Waals surface area (Å²) in [5.74, 6) is -1.12. The first kappa shape index (κ1) is 14.5. The molecule has 1 N–H and O–H groups in total. The summed E-state index contributed by atoms with van der Waals surface area (Å²) < 4.78 is 24.8. The number of halogens is 1. The highest BCUT2D eigenvalue weighted by Crippen LogP contribution is 2.26. The number of aromatic nitrogens is 1. The van der Waals surface area contributed by atoms with Gasteiger partial charge in [-0.2, -0.15) is 0 Å². The van der Waals surface area contributed by atoms with Crippen molar-refractivity contribution in [3.8, 4) is 0 Å². The maximum absolute atomic E-state index is 12.4. The van der Waals surface area contributed by atoms with Crippen molar-refractivity contribution in [2.75, 3.05) is 0 Å². The lowest BCUT2D eigenvalue weighted by Gasteiger charge is -2.07. The van der Waals surface area contributed by atoms with Crippen LogP contribution in [-0.2, 0) is 9.84 Å². The van der Waals surface area contributed by atoms with Crippen LogP contribution in [0.3, 0.4) is 0 Å². The zero-order valence-electron chi connectivity index (χ0n) is 10.4. The first-order valence-electron chi connectivity index (χ1n) is 5.54. The van der Waals surface area contributed by atoms with Gasteiger partial charge in [-0.05, 0) is 43.3 Å². The topological polar surface area (TPSA) is 84.3 Å². The number of pyridine rings is 1. The fourth-order valence-electron chi connectivity index (χ4n) is 1.62. The maximum Gasteiger partial charge on any atom is 0.335 e. The second kappa shape index (κ2) is 5.22. The van der Waals surface area contributed by atoms with Crippen LogP contribution in [0.4, 0.5) is 0 Å². The van der Waals surface area contributed by atoms with Gasteiger partial charge in [0.2, 0.25) is 9.84 Å². The average molecular weight is 312 g/mol. The molecule has 0 aliphatic carbocycles. The number of rotatable bonds is 3. The molecule has 0 spiro atoms. The molecule has 0 saturated heterocycles. The van der Waals surface area contributed by atoms with Gasteiger partial charge in [-0.25, -0.2) is 18.2 Å². The number of nitrogens with zero attached hydrogens (tertiary/aromatic N) is 1. The van der Waals surface area contributed by atoms with Crippen LogP contribution in [0.25, 0.3) is 0 Å². The molecule has 5 nitrogen and oxygen atoms in total. The molecule has 0 aliphatic rings. The van der Waals surface area contributed by atoms with Crippen molar-refractivity contribution in [1.29, 1.82) is 0 Å². The maximum atomic E-state index is 12.4. The van der Waals surface area contributed by atoms with Crippen LogP contribution in [0.2, 0.25) is 5.15 Å². The van der Waals surface area contributed by atoms with E-state index in [2.05, 4.69) is 4.98 Å². The van der Waals surface area contributed by atoms with Crippen LogP contribution >= 0.6 is 11.6 Å². The Morgan fingerprint density at radius 2 is 1.75 bits per heavy atom. The smallest absolute Gasteiger partial charge is 0.335 e. The van der Waals surface area contributed by atoms with Crippen molar-refractivity contribution in [2.24, 2.45) is 0 Å². The van der Waals surface area contributed by atoms with Gasteiger partial charge in [-0.3, -0.25) is 0 Å². The molecule has 0 unspecified atom stereocenters. The lowest BCUT2D eigenvalue weighted by atomic mass is 10.2. The second-order valence-electron chi connectivity index (χ2n) is 4.07. The normalized spacial score (nSPS) is 11.3. The highest BCUT2D eigenvalue weighted by Gasteiger charge is 2.22. The van der Waals surface area contributed by atoms with E-state index >= 15 is 0 Å². The summed E-state index contributed by atoms with van der Waals surface area (Å²) in [4.78, 5) is 14.5. The van der Waals surface area contributed by atoms with E-state index in [1.54, 1.807) is 13.0 Å². The summed E-state index contributed by atoms with van der Waals surface area (Å²) in [6, 6.07) is 7.84. The predicted molar refractivity (Wildman–Crippen MR) is 72.8 cm³/mol. The summed E-state index contributed by atoms with van der Waals surface area (Å²) >= 11 is 5.86. The number of hydrogen-bond donors (Lipinski definition) is 1. The number of aryl methyl sites for hydroxylation is 1. The number of aromatic carboxylic acids is 1. The summed E-state index contributed by atoms with van der Waals surface area (Å²) in [6.07, 6.45) is 0. The minimum Gasteiger partial charge on any atom is -0.478 e. The van der Waals surface area contributed by atoms with E-state index in [-0.39, 0.29) is 20.5 Å². The summed E-state index contributed by atoms with van der Waals surface area (Å²) in [7, 11) is -3.82. The van der Waals surface area contributed by atoms with E-state index in [0.717, 1.165) is 0 Å². The number of carbonyl (C=O) groups is 1. The van der Waals surface area contributed by atoms with E-state index in [1.165, 1.54) is 30.3 Å². The molecular weight excluding hydrogens is 302 g/mol. The molecule has 7 heteroatoms. The Morgan fingerprint density at radius 3 is 2.25 bits per heavy atom. The van der Waals surface area contributed by atoms with Gasteiger partial charge in [0.05, 0.1) is 10.5 Å². The van der Waals surface area contributed by atoms with Crippen LogP contribution in [0.15, 0.2) is 46.2 Å². The van der Waals surface area contributed by atoms with Gasteiger partial charge in [0.1, 0.15) is 10.0 Å². The third-order valence-corrected chi connectivity index (χ3v) is 4.86. The molecule has 0 amide bonds. The second-order valence-corrected chi connectivity index (χ2v) is 6.35. The molecule has 2 aromatic rings. The highest BCUT2D eigenvalue weighted by atomic mass is 35.5. The van der Waals surface area contributed by atoms with Gasteiger partial charge in [-0.15, -0.1) is 0 Å². The van der Waals surface area contributed by atoms with Crippen molar-refractivity contribution in [1.82, 2.24) is 4.98 Å². The van der Waals surface area contributed by atoms with Crippen LogP contribution in [0.5, 0.6) is 0 Å². The van der Waals surface area contributed by atoms with Crippen molar-refractivity contribution >= 4 is 27.4 Å². The lowest BCUT2D eigenvalue weighted by molar-refractivity contribution is 0.0697. The third-order valence-electron chi connectivity index (χ3n) is 2.65. The Kier molecular flexibility index (Phi) is 3.78. The van der Waals surface area contributed by atoms with Gasteiger partial charge < -0.3 is 5.11 Å². The van der Waals surface area contributed by atoms with E-state index in [0.29, 0.717) is 5.69 Å². The van der Waals surface area contributed by atoms with Crippen molar-refractivity contribution in [2.45, 2.75) is 16.7 Å². The van der Waals surface area contributed by atoms with Gasteiger partial charge in [0.25, 0.3) is 0 Å². The van der Waals surface area contributed by atoms with Crippen molar-refractivity contribution in [3.63, 3.8) is 0 Å². The Balaban J connectivity index is 2.52. The fraction of sp³-hybridized carbons (Fsp3) is 0.0769.